The van der Waals surface area contributed by atoms with Gasteiger partial charge in [0.25, 0.3) is 0 Å². The summed E-state index contributed by atoms with van der Waals surface area (Å²) in [5.41, 5.74) is 0.918. The van der Waals surface area contributed by atoms with E-state index >= 15 is 0 Å². The van der Waals surface area contributed by atoms with Crippen molar-refractivity contribution in [3.63, 3.8) is 0 Å². The lowest BCUT2D eigenvalue weighted by Gasteiger charge is -2.30. The van der Waals surface area contributed by atoms with Gasteiger partial charge in [0.05, 0.1) is 30.7 Å². The maximum Gasteiger partial charge on any atom is 0.327 e. The van der Waals surface area contributed by atoms with E-state index in [-0.39, 0.29) is 0 Å². The number of aryl methyl sites for hydroxylation is 2. The summed E-state index contributed by atoms with van der Waals surface area (Å²) in [4.78, 5) is 41.4. The molecule has 3 N–H and O–H groups in total. The van der Waals surface area contributed by atoms with Crippen LogP contribution in [0, 0.1) is 11.8 Å². The fourth-order valence-corrected chi connectivity index (χ4v) is 5.41. The fraction of sp³-hybridized carbons (Fsp3) is 0.444. The summed E-state index contributed by atoms with van der Waals surface area (Å²) >= 11 is 0. The summed E-state index contributed by atoms with van der Waals surface area (Å²) < 4.78 is 5.64. The number of benzene rings is 2. The second kappa shape index (κ2) is 9.79. The molecule has 4 unspecified atom stereocenters. The number of fused-ring (bicyclic) bond motifs is 1. The molecular formula is C27H32N2O6. The number of hydrogen-bond donors (Lipinski definition) is 3. The van der Waals surface area contributed by atoms with Crippen molar-refractivity contribution in [1.29, 1.82) is 0 Å². The molecule has 4 atom stereocenters. The first-order valence-electron chi connectivity index (χ1n) is 12.2. The number of nitrogens with zero attached hydrogens (tertiary/aromatic N) is 1. The Labute approximate surface area is 204 Å². The van der Waals surface area contributed by atoms with Gasteiger partial charge in [0.1, 0.15) is 5.75 Å². The van der Waals surface area contributed by atoms with Gasteiger partial charge >= 0.3 is 5.97 Å². The molecule has 2 aliphatic rings. The molecule has 2 aromatic rings. The molecular weight excluding hydrogens is 448 g/mol. The van der Waals surface area contributed by atoms with E-state index in [1.165, 1.54) is 4.90 Å². The Hall–Kier alpha value is -3.23. The van der Waals surface area contributed by atoms with Crippen LogP contribution in [-0.2, 0) is 27.2 Å². The quantitative estimate of drug-likeness (QED) is 0.473. The number of rotatable bonds is 9. The summed E-state index contributed by atoms with van der Waals surface area (Å²) in [5, 5.41) is 23.4. The Morgan fingerprint density at radius 3 is 2.17 bits per heavy atom. The van der Waals surface area contributed by atoms with Crippen LogP contribution in [0.4, 0.5) is 5.69 Å². The molecule has 2 aromatic carbocycles. The van der Waals surface area contributed by atoms with E-state index in [0.717, 1.165) is 17.5 Å². The van der Waals surface area contributed by atoms with Crippen molar-refractivity contribution in [3.05, 3.63) is 59.2 Å². The number of ether oxygens (including phenoxy) is 1. The van der Waals surface area contributed by atoms with Gasteiger partial charge in [-0.2, -0.15) is 0 Å². The molecule has 0 aliphatic carbocycles. The smallest absolute Gasteiger partial charge is 0.327 e. The number of carboxylic acids is 1. The number of para-hydroxylation sites is 1. The van der Waals surface area contributed by atoms with Crippen molar-refractivity contribution in [3.8, 4) is 5.75 Å². The number of aliphatic hydroxyl groups excluding tert-OH is 1. The van der Waals surface area contributed by atoms with Crippen LogP contribution in [0.3, 0.4) is 0 Å². The van der Waals surface area contributed by atoms with Crippen molar-refractivity contribution in [2.45, 2.75) is 51.6 Å². The van der Waals surface area contributed by atoms with E-state index in [4.69, 9.17) is 4.74 Å². The summed E-state index contributed by atoms with van der Waals surface area (Å²) in [6.07, 6.45) is 2.08. The molecule has 0 saturated carbocycles. The highest BCUT2D eigenvalue weighted by Gasteiger charge is 2.68. The van der Waals surface area contributed by atoms with Gasteiger partial charge in [0.15, 0.2) is 5.54 Å². The molecule has 2 aliphatic heterocycles. The van der Waals surface area contributed by atoms with Gasteiger partial charge in [-0.15, -0.1) is 0 Å². The Kier molecular flexibility index (Phi) is 6.96. The number of aliphatic hydroxyl groups is 1. The third kappa shape index (κ3) is 3.90. The van der Waals surface area contributed by atoms with Crippen LogP contribution in [0.5, 0.6) is 5.75 Å². The first-order chi connectivity index (χ1) is 16.8. The third-order valence-electron chi connectivity index (χ3n) is 7.19. The van der Waals surface area contributed by atoms with Crippen molar-refractivity contribution in [1.82, 2.24) is 5.32 Å². The van der Waals surface area contributed by atoms with Crippen molar-refractivity contribution < 1.29 is 29.3 Å². The van der Waals surface area contributed by atoms with Gasteiger partial charge in [0.2, 0.25) is 11.8 Å². The topological polar surface area (TPSA) is 116 Å². The molecule has 0 aromatic heterocycles. The lowest BCUT2D eigenvalue weighted by Crippen LogP contribution is -2.58. The molecule has 2 saturated heterocycles. The number of hydrogen-bond acceptors (Lipinski definition) is 6. The average molecular weight is 481 g/mol. The standard InChI is InChI=1S/C27H32N2O6/c1-4-14-35-19-12-10-18(11-13-19)22-20-21(27(15-30,28-22)26(33)34)25(32)29(24(20)31)23-16(5-2)8-7-9-17(23)6-3/h7-13,20-22,28,30H,4-6,14-15H2,1-3H3,(H,33,34). The van der Waals surface area contributed by atoms with E-state index in [1.54, 1.807) is 24.3 Å². The number of amides is 2. The zero-order valence-electron chi connectivity index (χ0n) is 20.3. The summed E-state index contributed by atoms with van der Waals surface area (Å²) in [6.45, 7) is 5.65. The Morgan fingerprint density at radius 2 is 1.66 bits per heavy atom. The van der Waals surface area contributed by atoms with Gasteiger partial charge in [0, 0.05) is 6.04 Å². The summed E-state index contributed by atoms with van der Waals surface area (Å²) in [5.74, 6) is -3.95. The predicted molar refractivity (Wildman–Crippen MR) is 130 cm³/mol. The van der Waals surface area contributed by atoms with Crippen LogP contribution < -0.4 is 15.0 Å². The van der Waals surface area contributed by atoms with E-state index in [2.05, 4.69) is 5.32 Å². The molecule has 2 fully saturated rings. The van der Waals surface area contributed by atoms with Gasteiger partial charge in [-0.25, -0.2) is 4.90 Å². The van der Waals surface area contributed by atoms with Crippen LogP contribution in [0.15, 0.2) is 42.5 Å². The Balaban J connectivity index is 1.82. The number of carboxylic acid groups (broad SMARTS) is 1. The van der Waals surface area contributed by atoms with Crippen molar-refractivity contribution in [2.24, 2.45) is 11.8 Å². The summed E-state index contributed by atoms with van der Waals surface area (Å²) in [6, 6.07) is 12.0. The van der Waals surface area contributed by atoms with E-state index in [0.29, 0.717) is 36.4 Å². The molecule has 0 bridgehead atoms. The van der Waals surface area contributed by atoms with Crippen molar-refractivity contribution in [2.75, 3.05) is 18.1 Å². The lowest BCUT2D eigenvalue weighted by molar-refractivity contribution is -0.150. The monoisotopic (exact) mass is 480 g/mol. The minimum absolute atomic E-state index is 0.448. The Bertz CT molecular complexity index is 1110. The summed E-state index contributed by atoms with van der Waals surface area (Å²) in [7, 11) is 0. The van der Waals surface area contributed by atoms with Crippen LogP contribution in [0.25, 0.3) is 0 Å². The molecule has 0 radical (unpaired) electrons. The molecule has 35 heavy (non-hydrogen) atoms. The molecule has 8 heteroatoms. The van der Waals surface area contributed by atoms with Crippen LogP contribution in [0.1, 0.15) is 49.9 Å². The Morgan fingerprint density at radius 1 is 1.03 bits per heavy atom. The van der Waals surface area contributed by atoms with Crippen LogP contribution >= 0.6 is 0 Å². The molecule has 2 amide bonds. The SMILES string of the molecule is CCCOc1ccc(C2NC(CO)(C(=O)O)C3C(=O)N(c4c(CC)cccc4CC)C(=O)C23)cc1. The van der Waals surface area contributed by atoms with E-state index in [1.807, 2.05) is 39.0 Å². The van der Waals surface area contributed by atoms with Gasteiger partial charge < -0.3 is 14.9 Å². The molecule has 2 heterocycles. The number of anilines is 1. The highest BCUT2D eigenvalue weighted by molar-refractivity contribution is 6.25. The third-order valence-corrected chi connectivity index (χ3v) is 7.19. The number of imide groups is 1. The number of nitrogens with one attached hydrogen (secondary N) is 1. The minimum Gasteiger partial charge on any atom is -0.494 e. The number of carbonyl (C=O) groups is 3. The lowest BCUT2D eigenvalue weighted by atomic mass is 9.79. The predicted octanol–water partition coefficient (Wildman–Crippen LogP) is 2.87. The van der Waals surface area contributed by atoms with Crippen molar-refractivity contribution >= 4 is 23.5 Å². The highest BCUT2D eigenvalue weighted by Crippen LogP contribution is 2.50. The first-order valence-corrected chi connectivity index (χ1v) is 12.2. The number of carbonyl (C=O) groups excluding carboxylic acids is 2. The molecule has 0 spiro atoms. The van der Waals surface area contributed by atoms with E-state index < -0.39 is 47.8 Å². The maximum absolute atomic E-state index is 13.9. The largest absolute Gasteiger partial charge is 0.494 e. The second-order valence-electron chi connectivity index (χ2n) is 9.12. The zero-order valence-corrected chi connectivity index (χ0v) is 20.3. The first kappa shape index (κ1) is 24.9. The highest BCUT2D eigenvalue weighted by atomic mass is 16.5. The minimum atomic E-state index is -1.97. The molecule has 186 valence electrons. The molecule has 4 rings (SSSR count). The maximum atomic E-state index is 13.9. The van der Waals surface area contributed by atoms with Gasteiger partial charge in [-0.05, 0) is 48.1 Å². The van der Waals surface area contributed by atoms with Gasteiger partial charge in [-0.3, -0.25) is 19.7 Å². The average Bonchev–Trinajstić information content (AvgIpc) is 3.36. The zero-order chi connectivity index (χ0) is 25.3. The van der Waals surface area contributed by atoms with E-state index in [9.17, 15) is 24.6 Å². The molecule has 8 nitrogen and oxygen atoms in total. The van der Waals surface area contributed by atoms with Crippen LogP contribution in [0.2, 0.25) is 0 Å². The normalized spacial score (nSPS) is 25.7. The second-order valence-corrected chi connectivity index (χ2v) is 9.12. The fourth-order valence-electron chi connectivity index (χ4n) is 5.41. The van der Waals surface area contributed by atoms with Crippen LogP contribution in [-0.4, -0.2) is 46.7 Å². The van der Waals surface area contributed by atoms with Gasteiger partial charge in [-0.1, -0.05) is 51.1 Å². The number of aliphatic carboxylic acids is 1.